The van der Waals surface area contributed by atoms with Gasteiger partial charge in [-0.15, -0.1) is 5.10 Å². The second kappa shape index (κ2) is 7.34. The van der Waals surface area contributed by atoms with Crippen LogP contribution in [0.15, 0.2) is 55.0 Å². The van der Waals surface area contributed by atoms with E-state index >= 15 is 0 Å². The van der Waals surface area contributed by atoms with E-state index in [4.69, 9.17) is 0 Å². The molecule has 0 bridgehead atoms. The number of rotatable bonds is 4. The predicted molar refractivity (Wildman–Crippen MR) is 99.6 cm³/mol. The molecule has 0 radical (unpaired) electrons. The quantitative estimate of drug-likeness (QED) is 0.787. The third kappa shape index (κ3) is 3.79. The zero-order chi connectivity index (χ0) is 16.9. The molecule has 0 amide bonds. The van der Waals surface area contributed by atoms with Crippen molar-refractivity contribution in [3.05, 3.63) is 55.0 Å². The van der Waals surface area contributed by atoms with Gasteiger partial charge in [-0.2, -0.15) is 4.98 Å². The Morgan fingerprint density at radius 3 is 2.48 bits per heavy atom. The van der Waals surface area contributed by atoms with Crippen molar-refractivity contribution in [3.8, 4) is 5.69 Å². The topological polar surface area (TPSA) is 58.9 Å². The number of para-hydroxylation sites is 1. The van der Waals surface area contributed by atoms with Crippen molar-refractivity contribution in [2.45, 2.75) is 25.7 Å². The van der Waals surface area contributed by atoms with Crippen LogP contribution in [0.3, 0.4) is 0 Å². The van der Waals surface area contributed by atoms with E-state index in [0.29, 0.717) is 5.95 Å². The minimum Gasteiger partial charge on any atom is -0.357 e. The Bertz CT molecular complexity index is 806. The lowest BCUT2D eigenvalue weighted by molar-refractivity contribution is 0.726. The molecule has 128 valence electrons. The molecule has 2 aromatic heterocycles. The highest BCUT2D eigenvalue weighted by molar-refractivity contribution is 5.53. The molecule has 6 nitrogen and oxygen atoms in total. The van der Waals surface area contributed by atoms with Crippen LogP contribution in [0.5, 0.6) is 0 Å². The van der Waals surface area contributed by atoms with E-state index in [0.717, 1.165) is 30.3 Å². The van der Waals surface area contributed by atoms with Crippen LogP contribution in [0.4, 0.5) is 17.5 Å². The van der Waals surface area contributed by atoms with E-state index in [1.807, 2.05) is 42.6 Å². The van der Waals surface area contributed by atoms with Crippen molar-refractivity contribution in [2.24, 2.45) is 0 Å². The Hall–Kier alpha value is -2.89. The maximum atomic E-state index is 4.55. The zero-order valence-corrected chi connectivity index (χ0v) is 14.2. The van der Waals surface area contributed by atoms with Gasteiger partial charge in [0.2, 0.25) is 5.95 Å². The van der Waals surface area contributed by atoms with Gasteiger partial charge in [0.15, 0.2) is 0 Å². The van der Waals surface area contributed by atoms with Crippen molar-refractivity contribution in [3.63, 3.8) is 0 Å². The van der Waals surface area contributed by atoms with E-state index in [2.05, 4.69) is 31.3 Å². The summed E-state index contributed by atoms with van der Waals surface area (Å²) in [6.07, 6.45) is 8.68. The molecule has 25 heavy (non-hydrogen) atoms. The molecule has 3 heterocycles. The van der Waals surface area contributed by atoms with Crippen LogP contribution in [0.2, 0.25) is 0 Å². The largest absolute Gasteiger partial charge is 0.357 e. The molecule has 1 N–H and O–H groups in total. The number of anilines is 3. The fraction of sp³-hybridized carbons (Fsp3) is 0.316. The minimum absolute atomic E-state index is 0.583. The summed E-state index contributed by atoms with van der Waals surface area (Å²) in [6.45, 7) is 2.16. The Balaban J connectivity index is 1.53. The normalized spacial score (nSPS) is 15.0. The molecular weight excluding hydrogens is 312 g/mol. The highest BCUT2D eigenvalue weighted by atomic mass is 15.4. The zero-order valence-electron chi connectivity index (χ0n) is 14.2. The number of pyridine rings is 1. The van der Waals surface area contributed by atoms with Gasteiger partial charge < -0.3 is 10.2 Å². The lowest BCUT2D eigenvalue weighted by atomic mass is 10.2. The summed E-state index contributed by atoms with van der Waals surface area (Å²) in [6, 6.07) is 14.0. The number of hydrogen-bond donors (Lipinski definition) is 1. The first kappa shape index (κ1) is 15.6. The lowest BCUT2D eigenvalue weighted by Crippen LogP contribution is -2.24. The van der Waals surface area contributed by atoms with Crippen LogP contribution >= 0.6 is 0 Å². The van der Waals surface area contributed by atoms with Gasteiger partial charge >= 0.3 is 0 Å². The number of hydrogen-bond acceptors (Lipinski definition) is 5. The summed E-state index contributed by atoms with van der Waals surface area (Å²) in [4.78, 5) is 11.3. The van der Waals surface area contributed by atoms with Crippen molar-refractivity contribution < 1.29 is 0 Å². The number of aromatic nitrogens is 4. The van der Waals surface area contributed by atoms with Crippen LogP contribution in [0, 0.1) is 0 Å². The third-order valence-electron chi connectivity index (χ3n) is 4.45. The Morgan fingerprint density at radius 2 is 1.68 bits per heavy atom. The van der Waals surface area contributed by atoms with Crippen LogP contribution in [0.1, 0.15) is 25.7 Å². The van der Waals surface area contributed by atoms with Crippen LogP contribution in [-0.4, -0.2) is 32.8 Å². The van der Waals surface area contributed by atoms with Gasteiger partial charge in [0, 0.05) is 31.0 Å². The summed E-state index contributed by atoms with van der Waals surface area (Å²) in [5.41, 5.74) is 1.95. The second-order valence-corrected chi connectivity index (χ2v) is 6.28. The molecule has 0 aliphatic carbocycles. The average Bonchev–Trinajstić information content (AvgIpc) is 2.95. The van der Waals surface area contributed by atoms with Gasteiger partial charge in [-0.05, 0) is 31.0 Å². The monoisotopic (exact) mass is 334 g/mol. The summed E-state index contributed by atoms with van der Waals surface area (Å²) >= 11 is 0. The molecular formula is C19H22N6. The predicted octanol–water partition coefficient (Wildman–Crippen LogP) is 3.79. The Labute approximate surface area is 147 Å². The molecule has 1 aromatic carbocycles. The minimum atomic E-state index is 0.583. The lowest BCUT2D eigenvalue weighted by Gasteiger charge is -2.21. The maximum Gasteiger partial charge on any atom is 0.246 e. The van der Waals surface area contributed by atoms with E-state index < -0.39 is 0 Å². The fourth-order valence-electron chi connectivity index (χ4n) is 3.12. The number of nitrogens with one attached hydrogen (secondary N) is 1. The van der Waals surface area contributed by atoms with Crippen LogP contribution < -0.4 is 10.2 Å². The van der Waals surface area contributed by atoms with Crippen molar-refractivity contribution in [1.82, 2.24) is 19.7 Å². The molecule has 1 aliphatic heterocycles. The first-order valence-corrected chi connectivity index (χ1v) is 8.84. The second-order valence-electron chi connectivity index (χ2n) is 6.28. The average molecular weight is 334 g/mol. The third-order valence-corrected chi connectivity index (χ3v) is 4.45. The number of nitrogens with zero attached hydrogens (tertiary/aromatic N) is 5. The highest BCUT2D eigenvalue weighted by Gasteiger charge is 2.12. The van der Waals surface area contributed by atoms with Gasteiger partial charge in [-0.25, -0.2) is 9.67 Å². The summed E-state index contributed by atoms with van der Waals surface area (Å²) in [5, 5.41) is 7.74. The first-order chi connectivity index (χ1) is 12.4. The van der Waals surface area contributed by atoms with E-state index in [9.17, 15) is 0 Å². The van der Waals surface area contributed by atoms with Crippen molar-refractivity contribution in [1.29, 1.82) is 0 Å². The van der Waals surface area contributed by atoms with Crippen LogP contribution in [0.25, 0.3) is 5.69 Å². The summed E-state index contributed by atoms with van der Waals surface area (Å²) in [5.74, 6) is 1.60. The van der Waals surface area contributed by atoms with Crippen LogP contribution in [-0.2, 0) is 0 Å². The highest BCUT2D eigenvalue weighted by Crippen LogP contribution is 2.20. The Morgan fingerprint density at radius 1 is 0.880 bits per heavy atom. The van der Waals surface area contributed by atoms with Gasteiger partial charge in [0.25, 0.3) is 0 Å². The van der Waals surface area contributed by atoms with E-state index in [-0.39, 0.29) is 0 Å². The van der Waals surface area contributed by atoms with Crippen molar-refractivity contribution >= 4 is 17.5 Å². The molecule has 1 fully saturated rings. The summed E-state index contributed by atoms with van der Waals surface area (Å²) < 4.78 is 1.79. The smallest absolute Gasteiger partial charge is 0.246 e. The maximum absolute atomic E-state index is 4.55. The first-order valence-electron chi connectivity index (χ1n) is 8.84. The standard InChI is InChI=1S/C19H22N6/c1-2-7-13-24(12-6-1)18-14-17(10-11-20-18)25-15-21-19(23-25)22-16-8-4-3-5-9-16/h3-5,8-11,14-15H,1-2,6-7,12-13H2,(H,22,23). The molecule has 0 atom stereocenters. The van der Waals surface area contributed by atoms with Gasteiger partial charge in [0.1, 0.15) is 12.1 Å². The molecule has 6 heteroatoms. The molecule has 4 rings (SSSR count). The molecule has 1 aliphatic rings. The molecule has 0 saturated carbocycles. The molecule has 3 aromatic rings. The summed E-state index contributed by atoms with van der Waals surface area (Å²) in [7, 11) is 0. The fourth-order valence-corrected chi connectivity index (χ4v) is 3.12. The SMILES string of the molecule is c1ccc(Nc2ncn(-c3ccnc(N4CCCCCC4)c3)n2)cc1. The Kier molecular flexibility index (Phi) is 4.59. The van der Waals surface area contributed by atoms with Gasteiger partial charge in [0.05, 0.1) is 5.69 Å². The molecule has 1 saturated heterocycles. The number of benzene rings is 1. The van der Waals surface area contributed by atoms with E-state index in [1.165, 1.54) is 25.7 Å². The molecule has 0 spiro atoms. The van der Waals surface area contributed by atoms with Gasteiger partial charge in [-0.1, -0.05) is 31.0 Å². The van der Waals surface area contributed by atoms with E-state index in [1.54, 1.807) is 11.0 Å². The van der Waals surface area contributed by atoms with Gasteiger partial charge in [-0.3, -0.25) is 0 Å². The van der Waals surface area contributed by atoms with Crippen molar-refractivity contribution in [2.75, 3.05) is 23.3 Å². The molecule has 0 unspecified atom stereocenters.